The largest absolute Gasteiger partial charge is 0.454 e. The number of amides is 1. The van der Waals surface area contributed by atoms with E-state index in [2.05, 4.69) is 10.5 Å². The van der Waals surface area contributed by atoms with Crippen LogP contribution in [0.2, 0.25) is 5.02 Å². The van der Waals surface area contributed by atoms with Gasteiger partial charge in [0.25, 0.3) is 5.91 Å². The predicted molar refractivity (Wildman–Crippen MR) is 128 cm³/mol. The van der Waals surface area contributed by atoms with E-state index in [-0.39, 0.29) is 6.79 Å². The minimum atomic E-state index is -0.536. The Labute approximate surface area is 199 Å². The Kier molecular flexibility index (Phi) is 5.84. The highest BCUT2D eigenvalue weighted by Gasteiger charge is 2.17. The molecular formula is C26H17ClN2O5. The lowest BCUT2D eigenvalue weighted by molar-refractivity contribution is 0.0734. The smallest absolute Gasteiger partial charge is 0.343 e. The Balaban J connectivity index is 1.40. The number of fused-ring (bicyclic) bond motifs is 2. The molecule has 7 nitrogen and oxygen atoms in total. The van der Waals surface area contributed by atoms with Gasteiger partial charge in [0.1, 0.15) is 5.75 Å². The Morgan fingerprint density at radius 2 is 1.68 bits per heavy atom. The van der Waals surface area contributed by atoms with Gasteiger partial charge in [0, 0.05) is 16.1 Å². The summed E-state index contributed by atoms with van der Waals surface area (Å²) in [4.78, 5) is 25.2. The fourth-order valence-electron chi connectivity index (χ4n) is 3.50. The molecule has 1 amide bonds. The van der Waals surface area contributed by atoms with E-state index >= 15 is 0 Å². The Morgan fingerprint density at radius 3 is 2.53 bits per heavy atom. The number of halogens is 1. The molecule has 5 rings (SSSR count). The van der Waals surface area contributed by atoms with Crippen LogP contribution < -0.4 is 19.6 Å². The zero-order chi connectivity index (χ0) is 23.5. The first kappa shape index (κ1) is 21.5. The van der Waals surface area contributed by atoms with Gasteiger partial charge < -0.3 is 14.2 Å². The van der Waals surface area contributed by atoms with Crippen molar-refractivity contribution in [3.8, 4) is 17.2 Å². The maximum Gasteiger partial charge on any atom is 0.343 e. The highest BCUT2D eigenvalue weighted by molar-refractivity contribution is 6.30. The number of carbonyl (C=O) groups excluding carboxylic acids is 2. The number of hydrogen-bond donors (Lipinski definition) is 1. The molecule has 0 fully saturated rings. The molecule has 4 aromatic rings. The normalized spacial score (nSPS) is 12.1. The van der Waals surface area contributed by atoms with Crippen molar-refractivity contribution in [2.75, 3.05) is 6.79 Å². The molecule has 0 unspecified atom stereocenters. The highest BCUT2D eigenvalue weighted by atomic mass is 35.5. The van der Waals surface area contributed by atoms with E-state index in [4.69, 9.17) is 25.8 Å². The van der Waals surface area contributed by atoms with Crippen LogP contribution in [0.15, 0.2) is 84.0 Å². The third-order valence-corrected chi connectivity index (χ3v) is 5.46. The number of nitrogens with zero attached hydrogens (tertiary/aromatic N) is 1. The van der Waals surface area contributed by atoms with Crippen LogP contribution in [0.5, 0.6) is 17.2 Å². The lowest BCUT2D eigenvalue weighted by Crippen LogP contribution is -2.17. The van der Waals surface area contributed by atoms with Gasteiger partial charge in [-0.25, -0.2) is 10.2 Å². The van der Waals surface area contributed by atoms with Crippen molar-refractivity contribution in [1.82, 2.24) is 5.43 Å². The number of esters is 1. The molecule has 0 radical (unpaired) electrons. The third-order valence-electron chi connectivity index (χ3n) is 5.21. The summed E-state index contributed by atoms with van der Waals surface area (Å²) in [7, 11) is 0. The molecule has 34 heavy (non-hydrogen) atoms. The lowest BCUT2D eigenvalue weighted by Gasteiger charge is -2.10. The van der Waals surface area contributed by atoms with Crippen molar-refractivity contribution in [3.63, 3.8) is 0 Å². The molecule has 0 spiro atoms. The number of benzene rings is 4. The zero-order valence-corrected chi connectivity index (χ0v) is 18.4. The quantitative estimate of drug-likeness (QED) is 0.186. The van der Waals surface area contributed by atoms with Crippen molar-refractivity contribution in [1.29, 1.82) is 0 Å². The van der Waals surface area contributed by atoms with Crippen LogP contribution >= 0.6 is 11.6 Å². The maximum atomic E-state index is 12.7. The van der Waals surface area contributed by atoms with Crippen molar-refractivity contribution in [3.05, 3.63) is 101 Å². The topological polar surface area (TPSA) is 86.2 Å². The second-order valence-corrected chi connectivity index (χ2v) is 7.80. The maximum absolute atomic E-state index is 12.7. The van der Waals surface area contributed by atoms with Gasteiger partial charge in [-0.15, -0.1) is 0 Å². The molecule has 1 aliphatic rings. The van der Waals surface area contributed by atoms with Gasteiger partial charge in [0.2, 0.25) is 6.79 Å². The molecule has 0 atom stereocenters. The molecule has 0 aromatic heterocycles. The molecule has 0 bridgehead atoms. The molecular weight excluding hydrogens is 456 g/mol. The molecule has 168 valence electrons. The van der Waals surface area contributed by atoms with Crippen LogP contribution in [0.4, 0.5) is 0 Å². The first-order chi connectivity index (χ1) is 16.6. The number of hydrazone groups is 1. The first-order valence-corrected chi connectivity index (χ1v) is 10.7. The van der Waals surface area contributed by atoms with E-state index in [9.17, 15) is 9.59 Å². The Bertz CT molecular complexity index is 1430. The van der Waals surface area contributed by atoms with Gasteiger partial charge in [-0.2, -0.15) is 5.10 Å². The number of hydrogen-bond acceptors (Lipinski definition) is 6. The molecule has 8 heteroatoms. The Hall–Kier alpha value is -4.36. The van der Waals surface area contributed by atoms with Gasteiger partial charge in [0.15, 0.2) is 11.5 Å². The average molecular weight is 473 g/mol. The van der Waals surface area contributed by atoms with Gasteiger partial charge in [-0.3, -0.25) is 4.79 Å². The summed E-state index contributed by atoms with van der Waals surface area (Å²) in [6.45, 7) is 0.122. The number of ether oxygens (including phenoxy) is 3. The fourth-order valence-corrected chi connectivity index (χ4v) is 3.63. The summed E-state index contributed by atoms with van der Waals surface area (Å²) < 4.78 is 16.2. The fraction of sp³-hybridized carbons (Fsp3) is 0.0385. The summed E-state index contributed by atoms with van der Waals surface area (Å²) in [5.74, 6) is 0.435. The van der Waals surface area contributed by atoms with Gasteiger partial charge >= 0.3 is 5.97 Å². The van der Waals surface area contributed by atoms with Crippen LogP contribution in [-0.4, -0.2) is 24.9 Å². The van der Waals surface area contributed by atoms with Crippen LogP contribution in [0.3, 0.4) is 0 Å². The molecule has 1 aliphatic heterocycles. The Morgan fingerprint density at radius 1 is 0.912 bits per heavy atom. The van der Waals surface area contributed by atoms with Gasteiger partial charge in [-0.1, -0.05) is 41.9 Å². The molecule has 1 N–H and O–H groups in total. The second kappa shape index (κ2) is 9.25. The number of nitrogens with one attached hydrogen (secondary N) is 1. The van der Waals surface area contributed by atoms with Crippen LogP contribution in [0.25, 0.3) is 10.8 Å². The highest BCUT2D eigenvalue weighted by Crippen LogP contribution is 2.32. The minimum Gasteiger partial charge on any atom is -0.454 e. The monoisotopic (exact) mass is 472 g/mol. The number of carbonyl (C=O) groups is 2. The van der Waals surface area contributed by atoms with E-state index in [0.717, 1.165) is 10.8 Å². The minimum absolute atomic E-state index is 0.122. The molecule has 0 saturated carbocycles. The van der Waals surface area contributed by atoms with Gasteiger partial charge in [0.05, 0.1) is 11.8 Å². The first-order valence-electron chi connectivity index (χ1n) is 10.3. The van der Waals surface area contributed by atoms with E-state index in [0.29, 0.717) is 39.0 Å². The van der Waals surface area contributed by atoms with Crippen LogP contribution in [0.1, 0.15) is 26.3 Å². The summed E-state index contributed by atoms with van der Waals surface area (Å²) in [5, 5.41) is 6.37. The average Bonchev–Trinajstić information content (AvgIpc) is 3.33. The zero-order valence-electron chi connectivity index (χ0n) is 17.7. The summed E-state index contributed by atoms with van der Waals surface area (Å²) in [6.07, 6.45) is 1.46. The molecule has 0 saturated heterocycles. The lowest BCUT2D eigenvalue weighted by atomic mass is 10.0. The summed E-state index contributed by atoms with van der Waals surface area (Å²) in [5.41, 5.74) is 3.78. The van der Waals surface area contributed by atoms with E-state index in [1.807, 2.05) is 30.3 Å². The van der Waals surface area contributed by atoms with E-state index < -0.39 is 11.9 Å². The van der Waals surface area contributed by atoms with Crippen LogP contribution in [0, 0.1) is 0 Å². The molecule has 1 heterocycles. The SMILES string of the molecule is O=C(N/N=C\c1c(OC(=O)c2ccc(Cl)cc2)ccc2ccccc12)c1ccc2c(c1)OCO2. The second-order valence-electron chi connectivity index (χ2n) is 7.36. The number of rotatable bonds is 5. The summed E-state index contributed by atoms with van der Waals surface area (Å²) in [6, 6.07) is 22.4. The predicted octanol–water partition coefficient (Wildman–Crippen LogP) is 5.21. The summed E-state index contributed by atoms with van der Waals surface area (Å²) >= 11 is 5.90. The van der Waals surface area contributed by atoms with E-state index in [1.54, 1.807) is 48.5 Å². The molecule has 4 aromatic carbocycles. The standard InChI is InChI=1S/C26H17ClN2O5/c27-19-9-5-17(6-10-19)26(31)34-22-11-7-16-3-1-2-4-20(16)21(22)14-28-29-25(30)18-8-12-23-24(13-18)33-15-32-23/h1-14H,15H2,(H,29,30)/b28-14-. The van der Waals surface area contributed by atoms with Crippen molar-refractivity contribution >= 4 is 40.5 Å². The van der Waals surface area contributed by atoms with Crippen LogP contribution in [-0.2, 0) is 0 Å². The van der Waals surface area contributed by atoms with Crippen molar-refractivity contribution < 1.29 is 23.8 Å². The van der Waals surface area contributed by atoms with Crippen molar-refractivity contribution in [2.45, 2.75) is 0 Å². The van der Waals surface area contributed by atoms with Crippen molar-refractivity contribution in [2.24, 2.45) is 5.10 Å². The van der Waals surface area contributed by atoms with Gasteiger partial charge in [-0.05, 0) is 59.3 Å². The van der Waals surface area contributed by atoms with E-state index in [1.165, 1.54) is 6.21 Å². The third kappa shape index (κ3) is 4.42. The molecule has 0 aliphatic carbocycles.